The monoisotopic (exact) mass is 312 g/mol. The number of piperidine rings is 1. The second-order valence-electron chi connectivity index (χ2n) is 7.22. The van der Waals surface area contributed by atoms with Crippen LogP contribution in [0, 0.1) is 5.92 Å². The molecule has 22 heavy (non-hydrogen) atoms. The molecule has 126 valence electrons. The molecule has 2 heterocycles. The van der Waals surface area contributed by atoms with E-state index in [1.807, 2.05) is 32.6 Å². The van der Waals surface area contributed by atoms with Crippen molar-refractivity contribution in [3.8, 4) is 0 Å². The highest BCUT2D eigenvalue weighted by atomic mass is 16.6. The van der Waals surface area contributed by atoms with Crippen LogP contribution in [0.3, 0.4) is 0 Å². The largest absolute Gasteiger partial charge is 0.444 e. The molecule has 0 radical (unpaired) electrons. The molecule has 6 nitrogen and oxygen atoms in total. The number of ether oxygens (including phenoxy) is 2. The second-order valence-corrected chi connectivity index (χ2v) is 7.22. The fourth-order valence-corrected chi connectivity index (χ4v) is 2.96. The zero-order chi connectivity index (χ0) is 16.3. The Balaban J connectivity index is 1.95. The van der Waals surface area contributed by atoms with Crippen molar-refractivity contribution >= 4 is 12.0 Å². The number of rotatable bonds is 1. The van der Waals surface area contributed by atoms with Crippen molar-refractivity contribution in [2.24, 2.45) is 5.92 Å². The Kier molecular flexibility index (Phi) is 5.32. The Morgan fingerprint density at radius 2 is 1.95 bits per heavy atom. The lowest BCUT2D eigenvalue weighted by Crippen LogP contribution is -2.53. The number of hydrogen-bond donors (Lipinski definition) is 0. The third-order valence-corrected chi connectivity index (χ3v) is 4.07. The van der Waals surface area contributed by atoms with Crippen molar-refractivity contribution in [2.45, 2.75) is 52.2 Å². The van der Waals surface area contributed by atoms with E-state index in [4.69, 9.17) is 9.47 Å². The van der Waals surface area contributed by atoms with Crippen molar-refractivity contribution in [1.29, 1.82) is 0 Å². The summed E-state index contributed by atoms with van der Waals surface area (Å²) in [7, 11) is 0. The fourth-order valence-electron chi connectivity index (χ4n) is 2.96. The molecule has 2 aliphatic heterocycles. The molecule has 2 rings (SSSR count). The van der Waals surface area contributed by atoms with Crippen LogP contribution in [0.2, 0.25) is 0 Å². The standard InChI is InChI=1S/C16H28N2O4/c1-12-11-21-9-8-18(12)14(19)13-6-5-7-17(10-13)15(20)22-16(2,3)4/h12-13H,5-11H2,1-4H3/t12-,13+/m0/s1. The van der Waals surface area contributed by atoms with E-state index in [1.54, 1.807) is 4.90 Å². The number of amides is 2. The summed E-state index contributed by atoms with van der Waals surface area (Å²) in [6.45, 7) is 10.5. The summed E-state index contributed by atoms with van der Waals surface area (Å²) in [4.78, 5) is 28.5. The van der Waals surface area contributed by atoms with Crippen LogP contribution in [0.15, 0.2) is 0 Å². The van der Waals surface area contributed by atoms with Gasteiger partial charge in [0, 0.05) is 19.6 Å². The molecule has 6 heteroatoms. The van der Waals surface area contributed by atoms with Crippen LogP contribution < -0.4 is 0 Å². The predicted octanol–water partition coefficient (Wildman–Crippen LogP) is 1.88. The first-order valence-corrected chi connectivity index (χ1v) is 8.14. The van der Waals surface area contributed by atoms with Crippen LogP contribution in [0.5, 0.6) is 0 Å². The van der Waals surface area contributed by atoms with Crippen molar-refractivity contribution in [1.82, 2.24) is 9.80 Å². The Hall–Kier alpha value is -1.30. The first kappa shape index (κ1) is 17.1. The normalized spacial score (nSPS) is 26.7. The first-order valence-electron chi connectivity index (χ1n) is 8.14. The SMILES string of the molecule is C[C@H]1COCCN1C(=O)[C@@H]1CCCN(C(=O)OC(C)(C)C)C1. The van der Waals surface area contributed by atoms with Gasteiger partial charge in [-0.05, 0) is 40.5 Å². The summed E-state index contributed by atoms with van der Waals surface area (Å²) >= 11 is 0. The Morgan fingerprint density at radius 3 is 2.59 bits per heavy atom. The van der Waals surface area contributed by atoms with Crippen LogP contribution in [0.25, 0.3) is 0 Å². The van der Waals surface area contributed by atoms with Gasteiger partial charge in [0.2, 0.25) is 5.91 Å². The number of likely N-dealkylation sites (tertiary alicyclic amines) is 1. The minimum absolute atomic E-state index is 0.109. The summed E-state index contributed by atoms with van der Waals surface area (Å²) in [5.74, 6) is 0.0193. The molecule has 0 unspecified atom stereocenters. The summed E-state index contributed by atoms with van der Waals surface area (Å²) in [5, 5.41) is 0. The maximum Gasteiger partial charge on any atom is 0.410 e. The highest BCUT2D eigenvalue weighted by Crippen LogP contribution is 2.22. The average molecular weight is 312 g/mol. The van der Waals surface area contributed by atoms with Crippen molar-refractivity contribution in [3.63, 3.8) is 0 Å². The highest BCUT2D eigenvalue weighted by Gasteiger charge is 2.35. The zero-order valence-corrected chi connectivity index (χ0v) is 14.1. The molecule has 2 aliphatic rings. The Morgan fingerprint density at radius 1 is 1.23 bits per heavy atom. The van der Waals surface area contributed by atoms with E-state index in [0.717, 1.165) is 12.8 Å². The van der Waals surface area contributed by atoms with E-state index < -0.39 is 5.60 Å². The van der Waals surface area contributed by atoms with Gasteiger partial charge in [-0.1, -0.05) is 0 Å². The maximum absolute atomic E-state index is 12.7. The summed E-state index contributed by atoms with van der Waals surface area (Å²) in [6, 6.07) is 0.109. The van der Waals surface area contributed by atoms with Gasteiger partial charge >= 0.3 is 6.09 Å². The molecule has 0 saturated carbocycles. The first-order chi connectivity index (χ1) is 10.3. The lowest BCUT2D eigenvalue weighted by atomic mass is 9.96. The summed E-state index contributed by atoms with van der Waals surface area (Å²) in [5.41, 5.74) is -0.507. The Labute approximate surface area is 132 Å². The summed E-state index contributed by atoms with van der Waals surface area (Å²) in [6.07, 6.45) is 1.36. The molecule has 2 saturated heterocycles. The molecule has 2 fully saturated rings. The minimum Gasteiger partial charge on any atom is -0.444 e. The molecule has 2 atom stereocenters. The molecule has 0 spiro atoms. The van der Waals surface area contributed by atoms with E-state index in [2.05, 4.69) is 0 Å². The van der Waals surface area contributed by atoms with Crippen molar-refractivity contribution in [3.05, 3.63) is 0 Å². The lowest BCUT2D eigenvalue weighted by molar-refractivity contribution is -0.145. The maximum atomic E-state index is 12.7. The minimum atomic E-state index is -0.507. The van der Waals surface area contributed by atoms with Crippen LogP contribution in [0.1, 0.15) is 40.5 Å². The average Bonchev–Trinajstić information content (AvgIpc) is 2.45. The van der Waals surface area contributed by atoms with Gasteiger partial charge in [0.15, 0.2) is 0 Å². The van der Waals surface area contributed by atoms with Gasteiger partial charge in [0.1, 0.15) is 5.60 Å². The predicted molar refractivity (Wildman–Crippen MR) is 82.5 cm³/mol. The molecule has 0 aromatic heterocycles. The van der Waals surface area contributed by atoms with E-state index >= 15 is 0 Å². The van der Waals surface area contributed by atoms with Gasteiger partial charge in [-0.25, -0.2) is 4.79 Å². The number of hydrogen-bond acceptors (Lipinski definition) is 4. The molecule has 0 aliphatic carbocycles. The zero-order valence-electron chi connectivity index (χ0n) is 14.1. The van der Waals surface area contributed by atoms with Gasteiger partial charge in [0.25, 0.3) is 0 Å². The molecule has 0 N–H and O–H groups in total. The third kappa shape index (κ3) is 4.35. The van der Waals surface area contributed by atoms with Gasteiger partial charge in [-0.15, -0.1) is 0 Å². The number of nitrogens with zero attached hydrogens (tertiary/aromatic N) is 2. The van der Waals surface area contributed by atoms with Crippen molar-refractivity contribution in [2.75, 3.05) is 32.8 Å². The molecule has 0 aromatic rings. The topological polar surface area (TPSA) is 59.1 Å². The van der Waals surface area contributed by atoms with Crippen LogP contribution in [0.4, 0.5) is 4.79 Å². The molecular weight excluding hydrogens is 284 g/mol. The van der Waals surface area contributed by atoms with E-state index in [9.17, 15) is 9.59 Å². The molecule has 0 bridgehead atoms. The molecule has 0 aromatic carbocycles. The van der Waals surface area contributed by atoms with Gasteiger partial charge < -0.3 is 19.3 Å². The van der Waals surface area contributed by atoms with Crippen LogP contribution in [-0.2, 0) is 14.3 Å². The van der Waals surface area contributed by atoms with E-state index in [0.29, 0.717) is 32.8 Å². The highest BCUT2D eigenvalue weighted by molar-refractivity contribution is 5.80. The summed E-state index contributed by atoms with van der Waals surface area (Å²) < 4.78 is 10.8. The Bertz CT molecular complexity index is 419. The third-order valence-electron chi connectivity index (χ3n) is 4.07. The van der Waals surface area contributed by atoms with E-state index in [1.165, 1.54) is 0 Å². The van der Waals surface area contributed by atoms with E-state index in [-0.39, 0.29) is 24.0 Å². The number of carbonyl (C=O) groups is 2. The van der Waals surface area contributed by atoms with Crippen LogP contribution >= 0.6 is 0 Å². The lowest BCUT2D eigenvalue weighted by Gasteiger charge is -2.39. The second kappa shape index (κ2) is 6.86. The quantitative estimate of drug-likeness (QED) is 0.742. The number of morpholine rings is 1. The van der Waals surface area contributed by atoms with Gasteiger partial charge in [-0.2, -0.15) is 0 Å². The van der Waals surface area contributed by atoms with Crippen LogP contribution in [-0.4, -0.2) is 66.3 Å². The molecule has 2 amide bonds. The smallest absolute Gasteiger partial charge is 0.410 e. The van der Waals surface area contributed by atoms with Gasteiger partial charge in [0.05, 0.1) is 25.2 Å². The fraction of sp³-hybridized carbons (Fsp3) is 0.875. The number of carbonyl (C=O) groups excluding carboxylic acids is 2. The van der Waals surface area contributed by atoms with Crippen molar-refractivity contribution < 1.29 is 19.1 Å². The van der Waals surface area contributed by atoms with Gasteiger partial charge in [-0.3, -0.25) is 4.79 Å². The molecular formula is C16H28N2O4.